The van der Waals surface area contributed by atoms with E-state index in [0.29, 0.717) is 16.8 Å². The molecule has 0 aliphatic rings. The van der Waals surface area contributed by atoms with Gasteiger partial charge in [0.1, 0.15) is 17.3 Å². The number of halogens is 3. The van der Waals surface area contributed by atoms with E-state index in [1.54, 1.807) is 38.1 Å². The average Bonchev–Trinajstić information content (AvgIpc) is 2.72. The minimum absolute atomic E-state index is 0.271. The Balaban J connectivity index is 1.93. The summed E-state index contributed by atoms with van der Waals surface area (Å²) in [5.41, 5.74) is 2.34. The Morgan fingerprint density at radius 2 is 1.75 bits per heavy atom. The molecule has 4 nitrogen and oxygen atoms in total. The van der Waals surface area contributed by atoms with Crippen LogP contribution in [0.2, 0.25) is 0 Å². The van der Waals surface area contributed by atoms with Crippen LogP contribution in [0.1, 0.15) is 19.4 Å². The summed E-state index contributed by atoms with van der Waals surface area (Å²) in [4.78, 5) is 13.0. The molecule has 0 heterocycles. The molecule has 0 spiro atoms. The van der Waals surface area contributed by atoms with E-state index >= 15 is 4.39 Å². The number of benzene rings is 3. The standard InChI is InChI=1S/C25H24F3NO3/c1-15(2)32-23(30)14-31-22-9-8-21(27)25(24(22)28)29(4)20-11-16(3)10-18(13-20)17-6-5-7-19(26)12-17/h5-13,15H,14H2,1-4H3. The lowest BCUT2D eigenvalue weighted by atomic mass is 10.0. The molecule has 7 heteroatoms. The Morgan fingerprint density at radius 3 is 2.44 bits per heavy atom. The second-order valence-corrected chi connectivity index (χ2v) is 7.66. The average molecular weight is 443 g/mol. The van der Waals surface area contributed by atoms with E-state index in [9.17, 15) is 13.6 Å². The lowest BCUT2D eigenvalue weighted by molar-refractivity contribution is -0.149. The number of carbonyl (C=O) groups is 1. The third-order valence-corrected chi connectivity index (χ3v) is 4.69. The highest BCUT2D eigenvalue weighted by Crippen LogP contribution is 2.36. The highest BCUT2D eigenvalue weighted by molar-refractivity contribution is 5.74. The van der Waals surface area contributed by atoms with Crippen LogP contribution in [0.25, 0.3) is 11.1 Å². The van der Waals surface area contributed by atoms with Gasteiger partial charge < -0.3 is 14.4 Å². The summed E-state index contributed by atoms with van der Waals surface area (Å²) in [7, 11) is 1.52. The zero-order chi connectivity index (χ0) is 23.4. The number of rotatable bonds is 7. The van der Waals surface area contributed by atoms with Gasteiger partial charge in [0.05, 0.1) is 6.10 Å². The van der Waals surface area contributed by atoms with Crippen LogP contribution in [-0.4, -0.2) is 25.7 Å². The molecule has 0 bridgehead atoms. The van der Waals surface area contributed by atoms with Crippen LogP contribution in [-0.2, 0) is 9.53 Å². The lowest BCUT2D eigenvalue weighted by Crippen LogP contribution is -2.20. The topological polar surface area (TPSA) is 38.8 Å². The molecule has 0 saturated carbocycles. The van der Waals surface area contributed by atoms with Gasteiger partial charge in [-0.05, 0) is 73.9 Å². The fourth-order valence-corrected chi connectivity index (χ4v) is 3.30. The first kappa shape index (κ1) is 23.2. The van der Waals surface area contributed by atoms with Gasteiger partial charge in [0.25, 0.3) is 0 Å². The maximum absolute atomic E-state index is 15.2. The van der Waals surface area contributed by atoms with Gasteiger partial charge in [0.15, 0.2) is 18.2 Å². The maximum Gasteiger partial charge on any atom is 0.344 e. The normalized spacial score (nSPS) is 10.9. The predicted molar refractivity (Wildman–Crippen MR) is 118 cm³/mol. The van der Waals surface area contributed by atoms with Gasteiger partial charge in [-0.25, -0.2) is 18.0 Å². The van der Waals surface area contributed by atoms with E-state index in [0.717, 1.165) is 17.7 Å². The monoisotopic (exact) mass is 443 g/mol. The van der Waals surface area contributed by atoms with E-state index < -0.39 is 24.2 Å². The van der Waals surface area contributed by atoms with E-state index in [2.05, 4.69) is 0 Å². The molecular weight excluding hydrogens is 419 g/mol. The van der Waals surface area contributed by atoms with Gasteiger partial charge >= 0.3 is 5.97 Å². The second-order valence-electron chi connectivity index (χ2n) is 7.66. The van der Waals surface area contributed by atoms with Crippen LogP contribution >= 0.6 is 0 Å². The van der Waals surface area contributed by atoms with Gasteiger partial charge in [0, 0.05) is 12.7 Å². The number of anilines is 2. The van der Waals surface area contributed by atoms with Gasteiger partial charge in [-0.15, -0.1) is 0 Å². The van der Waals surface area contributed by atoms with Gasteiger partial charge in [-0.1, -0.05) is 18.2 Å². The summed E-state index contributed by atoms with van der Waals surface area (Å²) >= 11 is 0. The minimum atomic E-state index is -0.946. The van der Waals surface area contributed by atoms with Crippen LogP contribution < -0.4 is 9.64 Å². The second kappa shape index (κ2) is 9.77. The van der Waals surface area contributed by atoms with Gasteiger partial charge in [-0.2, -0.15) is 0 Å². The summed E-state index contributed by atoms with van der Waals surface area (Å²) in [6.07, 6.45) is -0.334. The summed E-state index contributed by atoms with van der Waals surface area (Å²) in [5, 5.41) is 0. The third-order valence-electron chi connectivity index (χ3n) is 4.69. The number of aryl methyl sites for hydroxylation is 1. The fraction of sp³-hybridized carbons (Fsp3) is 0.240. The molecule has 0 aliphatic heterocycles. The maximum atomic E-state index is 15.2. The van der Waals surface area contributed by atoms with Crippen molar-refractivity contribution in [1.29, 1.82) is 0 Å². The summed E-state index contributed by atoms with van der Waals surface area (Å²) in [5.74, 6) is -3.05. The van der Waals surface area contributed by atoms with Gasteiger partial charge in [-0.3, -0.25) is 0 Å². The van der Waals surface area contributed by atoms with Crippen molar-refractivity contribution in [3.05, 3.63) is 77.6 Å². The molecule has 32 heavy (non-hydrogen) atoms. The van der Waals surface area contributed by atoms with E-state index in [4.69, 9.17) is 9.47 Å². The lowest BCUT2D eigenvalue weighted by Gasteiger charge is -2.23. The quantitative estimate of drug-likeness (QED) is 0.409. The van der Waals surface area contributed by atoms with Crippen molar-refractivity contribution < 1.29 is 27.4 Å². The number of esters is 1. The molecule has 0 fully saturated rings. The molecule has 0 unspecified atom stereocenters. The van der Waals surface area contributed by atoms with Crippen molar-refractivity contribution in [3.8, 4) is 16.9 Å². The van der Waals surface area contributed by atoms with Crippen LogP contribution in [0.15, 0.2) is 54.6 Å². The number of carbonyl (C=O) groups excluding carboxylic acids is 1. The largest absolute Gasteiger partial charge is 0.479 e. The predicted octanol–water partition coefficient (Wildman–Crippen LogP) is 6.18. The summed E-state index contributed by atoms with van der Waals surface area (Å²) in [6.45, 7) is 4.71. The van der Waals surface area contributed by atoms with Crippen molar-refractivity contribution in [3.63, 3.8) is 0 Å². The molecule has 3 aromatic rings. The van der Waals surface area contributed by atoms with Crippen molar-refractivity contribution in [2.75, 3.05) is 18.6 Å². The Morgan fingerprint density at radius 1 is 1.00 bits per heavy atom. The smallest absolute Gasteiger partial charge is 0.344 e. The zero-order valence-electron chi connectivity index (χ0n) is 18.3. The number of hydrogen-bond donors (Lipinski definition) is 0. The first-order valence-corrected chi connectivity index (χ1v) is 10.1. The third kappa shape index (κ3) is 5.41. The Hall–Kier alpha value is -3.48. The van der Waals surface area contributed by atoms with Gasteiger partial charge in [0.2, 0.25) is 0 Å². The molecule has 168 valence electrons. The minimum Gasteiger partial charge on any atom is -0.479 e. The van der Waals surface area contributed by atoms with Crippen LogP contribution in [0.4, 0.5) is 24.5 Å². The SMILES string of the molecule is Cc1cc(-c2cccc(F)c2)cc(N(C)c2c(F)ccc(OCC(=O)OC(C)C)c2F)c1. The molecular formula is C25H24F3NO3. The first-order chi connectivity index (χ1) is 15.2. The molecule has 3 rings (SSSR count). The molecule has 0 N–H and O–H groups in total. The van der Waals surface area contributed by atoms with Crippen molar-refractivity contribution >= 4 is 17.3 Å². The molecule has 3 aromatic carbocycles. The van der Waals surface area contributed by atoms with Crippen molar-refractivity contribution in [2.45, 2.75) is 26.9 Å². The van der Waals surface area contributed by atoms with E-state index in [1.165, 1.54) is 24.1 Å². The zero-order valence-corrected chi connectivity index (χ0v) is 18.3. The van der Waals surface area contributed by atoms with Crippen LogP contribution in [0.3, 0.4) is 0 Å². The van der Waals surface area contributed by atoms with Crippen LogP contribution in [0, 0.1) is 24.4 Å². The van der Waals surface area contributed by atoms with E-state index in [-0.39, 0.29) is 23.4 Å². The molecule has 0 saturated heterocycles. The Bertz CT molecular complexity index is 1130. The number of nitrogens with zero attached hydrogens (tertiary/aromatic N) is 1. The summed E-state index contributed by atoms with van der Waals surface area (Å²) < 4.78 is 53.6. The molecule has 0 aromatic heterocycles. The fourth-order valence-electron chi connectivity index (χ4n) is 3.30. The molecule has 0 atom stereocenters. The molecule has 0 radical (unpaired) electrons. The Labute approximate surface area is 185 Å². The molecule has 0 aliphatic carbocycles. The highest BCUT2D eigenvalue weighted by atomic mass is 19.1. The first-order valence-electron chi connectivity index (χ1n) is 10.1. The van der Waals surface area contributed by atoms with E-state index in [1.807, 2.05) is 13.0 Å². The Kier molecular flexibility index (Phi) is 7.08. The van der Waals surface area contributed by atoms with Crippen LogP contribution in [0.5, 0.6) is 5.75 Å². The summed E-state index contributed by atoms with van der Waals surface area (Å²) in [6, 6.07) is 13.6. The molecule has 0 amide bonds. The number of ether oxygens (including phenoxy) is 2. The number of hydrogen-bond acceptors (Lipinski definition) is 4. The highest BCUT2D eigenvalue weighted by Gasteiger charge is 2.21. The van der Waals surface area contributed by atoms with Crippen molar-refractivity contribution in [1.82, 2.24) is 0 Å². The van der Waals surface area contributed by atoms with Crippen molar-refractivity contribution in [2.24, 2.45) is 0 Å².